The minimum atomic E-state index is -1.57. The number of ether oxygens (including phenoxy) is 2. The van der Waals surface area contributed by atoms with Crippen LogP contribution >= 0.6 is 0 Å². The third-order valence-corrected chi connectivity index (χ3v) is 2.49. The molecule has 0 aliphatic heterocycles. The molecule has 12 heteroatoms. The van der Waals surface area contributed by atoms with Gasteiger partial charge in [-0.3, -0.25) is 24.0 Å². The topological polar surface area (TPSA) is 213 Å². The van der Waals surface area contributed by atoms with Crippen molar-refractivity contribution < 1.29 is 48.5 Å². The van der Waals surface area contributed by atoms with Crippen molar-refractivity contribution in [1.82, 2.24) is 0 Å². The predicted octanol–water partition coefficient (Wildman–Crippen LogP) is -2.32. The Balaban J connectivity index is 4.39. The molecule has 2 atom stereocenters. The number of hydrogen-bond acceptors (Lipinski definition) is 10. The standard InChI is InChI=1S/C13H16N2O10/c1-5(13(23)25-10(18)4-7(15)12(21)22)2-8(16)24-9(17)3-6(14)11(19)20/h6-7H,1-4,14-15H2,(H,19,20)(H,21,22)/t6-,7-/m0/s1. The molecule has 25 heavy (non-hydrogen) atoms. The molecule has 0 spiro atoms. The minimum Gasteiger partial charge on any atom is -0.480 e. The van der Waals surface area contributed by atoms with Gasteiger partial charge >= 0.3 is 35.8 Å². The van der Waals surface area contributed by atoms with Crippen LogP contribution in [0.2, 0.25) is 0 Å². The van der Waals surface area contributed by atoms with Crippen LogP contribution in [-0.2, 0) is 38.2 Å². The zero-order valence-corrected chi connectivity index (χ0v) is 12.8. The smallest absolute Gasteiger partial charge is 0.341 e. The maximum atomic E-state index is 11.5. The van der Waals surface area contributed by atoms with E-state index in [1.807, 2.05) is 0 Å². The molecule has 0 aromatic heterocycles. The Morgan fingerprint density at radius 3 is 1.60 bits per heavy atom. The van der Waals surface area contributed by atoms with Gasteiger partial charge in [-0.05, 0) is 0 Å². The molecule has 0 rings (SSSR count). The Labute approximate surface area is 140 Å². The van der Waals surface area contributed by atoms with Crippen molar-refractivity contribution in [3.8, 4) is 0 Å². The molecular weight excluding hydrogens is 344 g/mol. The van der Waals surface area contributed by atoms with E-state index in [1.165, 1.54) is 0 Å². The number of carbonyl (C=O) groups is 6. The van der Waals surface area contributed by atoms with Gasteiger partial charge in [0.1, 0.15) is 12.1 Å². The molecule has 0 aliphatic rings. The van der Waals surface area contributed by atoms with Gasteiger partial charge in [-0.1, -0.05) is 6.58 Å². The van der Waals surface area contributed by atoms with E-state index in [0.29, 0.717) is 0 Å². The van der Waals surface area contributed by atoms with Crippen LogP contribution in [0.3, 0.4) is 0 Å². The van der Waals surface area contributed by atoms with Crippen LogP contribution in [-0.4, -0.2) is 58.1 Å². The van der Waals surface area contributed by atoms with Crippen molar-refractivity contribution in [3.63, 3.8) is 0 Å². The van der Waals surface area contributed by atoms with Crippen LogP contribution in [0.25, 0.3) is 0 Å². The van der Waals surface area contributed by atoms with Crippen LogP contribution in [0, 0.1) is 0 Å². The largest absolute Gasteiger partial charge is 0.480 e. The number of aliphatic carboxylic acids is 2. The number of rotatable bonds is 9. The van der Waals surface area contributed by atoms with Crippen molar-refractivity contribution in [2.45, 2.75) is 31.3 Å². The molecule has 0 aliphatic carbocycles. The molecule has 138 valence electrons. The molecule has 0 bridgehead atoms. The summed E-state index contributed by atoms with van der Waals surface area (Å²) in [5.74, 6) is -8.03. The highest BCUT2D eigenvalue weighted by Gasteiger charge is 2.24. The first-order valence-corrected chi connectivity index (χ1v) is 6.57. The first kappa shape index (κ1) is 21.9. The molecule has 6 N–H and O–H groups in total. The number of carboxylic acid groups (broad SMARTS) is 2. The zero-order chi connectivity index (χ0) is 19.7. The fraction of sp³-hybridized carbons (Fsp3) is 0.385. The van der Waals surface area contributed by atoms with E-state index >= 15 is 0 Å². The van der Waals surface area contributed by atoms with E-state index in [1.54, 1.807) is 0 Å². The summed E-state index contributed by atoms with van der Waals surface area (Å²) in [6.07, 6.45) is -2.39. The number of esters is 4. The van der Waals surface area contributed by atoms with E-state index in [2.05, 4.69) is 16.1 Å². The Kier molecular flexibility index (Phi) is 8.66. The van der Waals surface area contributed by atoms with Gasteiger partial charge in [-0.25, -0.2) is 4.79 Å². The average Bonchev–Trinajstić information content (AvgIpc) is 2.45. The van der Waals surface area contributed by atoms with Gasteiger partial charge in [0.05, 0.1) is 19.3 Å². The third-order valence-electron chi connectivity index (χ3n) is 2.49. The summed E-state index contributed by atoms with van der Waals surface area (Å²) in [6.45, 7) is 3.15. The summed E-state index contributed by atoms with van der Waals surface area (Å²) >= 11 is 0. The summed E-state index contributed by atoms with van der Waals surface area (Å²) in [5.41, 5.74) is 9.58. The molecule has 0 aromatic carbocycles. The maximum absolute atomic E-state index is 11.5. The average molecular weight is 360 g/mol. The fourth-order valence-electron chi connectivity index (χ4n) is 1.20. The van der Waals surface area contributed by atoms with E-state index < -0.39 is 72.7 Å². The molecule has 0 aromatic rings. The number of carbonyl (C=O) groups excluding carboxylic acids is 4. The highest BCUT2D eigenvalue weighted by atomic mass is 16.6. The molecule has 0 fully saturated rings. The van der Waals surface area contributed by atoms with Crippen LogP contribution in [0.1, 0.15) is 19.3 Å². The normalized spacial score (nSPS) is 12.4. The lowest BCUT2D eigenvalue weighted by atomic mass is 10.2. The highest BCUT2D eigenvalue weighted by molar-refractivity contribution is 6.00. The summed E-state index contributed by atoms with van der Waals surface area (Å²) in [5, 5.41) is 17.0. The van der Waals surface area contributed by atoms with Crippen molar-refractivity contribution in [2.24, 2.45) is 11.5 Å². The fourth-order valence-corrected chi connectivity index (χ4v) is 1.20. The second-order valence-corrected chi connectivity index (χ2v) is 4.69. The van der Waals surface area contributed by atoms with E-state index in [4.69, 9.17) is 21.7 Å². The minimum absolute atomic E-state index is 0.558. The predicted molar refractivity (Wildman–Crippen MR) is 76.4 cm³/mol. The molecule has 12 nitrogen and oxygen atoms in total. The monoisotopic (exact) mass is 360 g/mol. The first-order valence-electron chi connectivity index (χ1n) is 6.57. The lowest BCUT2D eigenvalue weighted by Crippen LogP contribution is -2.34. The Morgan fingerprint density at radius 1 is 0.800 bits per heavy atom. The summed E-state index contributed by atoms with van der Waals surface area (Å²) in [4.78, 5) is 66.2. The van der Waals surface area contributed by atoms with Crippen LogP contribution in [0.15, 0.2) is 12.2 Å². The van der Waals surface area contributed by atoms with E-state index in [0.717, 1.165) is 0 Å². The van der Waals surface area contributed by atoms with Gasteiger partial charge in [0.2, 0.25) is 0 Å². The number of carboxylic acids is 2. The quantitative estimate of drug-likeness (QED) is 0.194. The van der Waals surface area contributed by atoms with Crippen LogP contribution in [0.5, 0.6) is 0 Å². The first-order chi connectivity index (χ1) is 11.4. The molecule has 0 heterocycles. The van der Waals surface area contributed by atoms with E-state index in [9.17, 15) is 28.8 Å². The number of nitrogens with two attached hydrogens (primary N) is 2. The zero-order valence-electron chi connectivity index (χ0n) is 12.8. The van der Waals surface area contributed by atoms with Crippen LogP contribution in [0.4, 0.5) is 0 Å². The van der Waals surface area contributed by atoms with Crippen molar-refractivity contribution in [2.75, 3.05) is 0 Å². The van der Waals surface area contributed by atoms with E-state index in [-0.39, 0.29) is 0 Å². The molecule has 0 amide bonds. The Hall–Kier alpha value is -3.12. The highest BCUT2D eigenvalue weighted by Crippen LogP contribution is 2.06. The summed E-state index contributed by atoms with van der Waals surface area (Å²) < 4.78 is 8.44. The van der Waals surface area contributed by atoms with Crippen molar-refractivity contribution in [3.05, 3.63) is 12.2 Å². The molecule has 0 radical (unpaired) electrons. The van der Waals surface area contributed by atoms with Crippen LogP contribution < -0.4 is 11.5 Å². The maximum Gasteiger partial charge on any atom is 0.341 e. The van der Waals surface area contributed by atoms with Gasteiger partial charge in [0, 0.05) is 5.57 Å². The molecular formula is C13H16N2O10. The molecule has 0 saturated heterocycles. The third kappa shape index (κ3) is 8.92. The summed E-state index contributed by atoms with van der Waals surface area (Å²) in [6, 6.07) is -3.14. The van der Waals surface area contributed by atoms with Crippen molar-refractivity contribution in [1.29, 1.82) is 0 Å². The van der Waals surface area contributed by atoms with Gasteiger partial charge in [0.25, 0.3) is 0 Å². The SMILES string of the molecule is C=C(CC(=O)OC(=O)C[C@H](N)C(=O)O)C(=O)OC(=O)C[C@H](N)C(=O)O. The molecule has 0 unspecified atom stereocenters. The second kappa shape index (κ2) is 9.89. The number of hydrogen-bond donors (Lipinski definition) is 4. The van der Waals surface area contributed by atoms with Gasteiger partial charge < -0.3 is 31.2 Å². The van der Waals surface area contributed by atoms with Gasteiger partial charge in [0.15, 0.2) is 0 Å². The van der Waals surface area contributed by atoms with Gasteiger partial charge in [-0.15, -0.1) is 0 Å². The second-order valence-electron chi connectivity index (χ2n) is 4.69. The van der Waals surface area contributed by atoms with Gasteiger partial charge in [-0.2, -0.15) is 0 Å². The Morgan fingerprint density at radius 2 is 1.20 bits per heavy atom. The Bertz CT molecular complexity index is 612. The lowest BCUT2D eigenvalue weighted by molar-refractivity contribution is -0.163. The summed E-state index contributed by atoms with van der Waals surface area (Å²) in [7, 11) is 0. The lowest BCUT2D eigenvalue weighted by Gasteiger charge is -2.08. The van der Waals surface area contributed by atoms with Crippen molar-refractivity contribution >= 4 is 35.8 Å². The molecule has 0 saturated carbocycles.